The van der Waals surface area contributed by atoms with Crippen molar-refractivity contribution in [3.05, 3.63) is 59.2 Å². The highest BCUT2D eigenvalue weighted by Crippen LogP contribution is 2.31. The summed E-state index contributed by atoms with van der Waals surface area (Å²) in [6.07, 6.45) is -0.0650. The van der Waals surface area contributed by atoms with E-state index in [1.807, 2.05) is 59.7 Å². The number of carbonyl (C=O) groups excluding carboxylic acids is 3. The van der Waals surface area contributed by atoms with Crippen molar-refractivity contribution in [2.24, 2.45) is 5.92 Å². The highest BCUT2D eigenvalue weighted by Gasteiger charge is 2.40. The van der Waals surface area contributed by atoms with Gasteiger partial charge in [0.1, 0.15) is 23.4 Å². The highest BCUT2D eigenvalue weighted by molar-refractivity contribution is 5.99. The first-order valence-corrected chi connectivity index (χ1v) is 13.5. The number of rotatable bonds is 10. The van der Waals surface area contributed by atoms with E-state index in [1.165, 1.54) is 0 Å². The molecule has 2 N–H and O–H groups in total. The van der Waals surface area contributed by atoms with Crippen molar-refractivity contribution >= 4 is 23.6 Å². The van der Waals surface area contributed by atoms with Gasteiger partial charge >= 0.3 is 6.09 Å². The minimum Gasteiger partial charge on any atom is -0.497 e. The van der Waals surface area contributed by atoms with E-state index in [1.54, 1.807) is 57.0 Å². The number of amides is 3. The molecule has 0 bridgehead atoms. The molecule has 3 unspecified atom stereocenters. The van der Waals surface area contributed by atoms with Gasteiger partial charge < -0.3 is 25.0 Å². The lowest BCUT2D eigenvalue weighted by Crippen LogP contribution is -2.56. The smallest absolute Gasteiger partial charge is 0.408 e. The second kappa shape index (κ2) is 13.5. The second-order valence-corrected chi connectivity index (χ2v) is 11.4. The Labute approximate surface area is 233 Å². The Kier molecular flexibility index (Phi) is 11.0. The average Bonchev–Trinajstić information content (AvgIpc) is 2.85. The number of ether oxygens (including phenoxy) is 2. The molecule has 3 amide bonds. The van der Waals surface area contributed by atoms with E-state index in [0.717, 1.165) is 16.7 Å². The minimum absolute atomic E-state index is 0.250. The van der Waals surface area contributed by atoms with Gasteiger partial charge in [-0.1, -0.05) is 44.5 Å². The van der Waals surface area contributed by atoms with Crippen LogP contribution in [0.25, 0.3) is 0 Å². The lowest BCUT2D eigenvalue weighted by molar-refractivity contribution is -0.144. The first-order chi connectivity index (χ1) is 18.2. The van der Waals surface area contributed by atoms with E-state index in [0.29, 0.717) is 17.9 Å². The van der Waals surface area contributed by atoms with E-state index in [2.05, 4.69) is 10.6 Å². The summed E-state index contributed by atoms with van der Waals surface area (Å²) < 4.78 is 10.7. The fourth-order valence-electron chi connectivity index (χ4n) is 4.26. The molecule has 0 fully saturated rings. The van der Waals surface area contributed by atoms with Crippen LogP contribution in [0.4, 0.5) is 10.5 Å². The molecule has 0 radical (unpaired) electrons. The zero-order chi connectivity index (χ0) is 29.5. The van der Waals surface area contributed by atoms with Crippen molar-refractivity contribution in [2.45, 2.75) is 92.5 Å². The van der Waals surface area contributed by atoms with Crippen molar-refractivity contribution in [1.29, 1.82) is 0 Å². The van der Waals surface area contributed by atoms with Crippen LogP contribution in [-0.4, -0.2) is 47.6 Å². The molecule has 2 rings (SSSR count). The van der Waals surface area contributed by atoms with Crippen LogP contribution in [0.2, 0.25) is 0 Å². The molecule has 2 aromatic rings. The summed E-state index contributed by atoms with van der Waals surface area (Å²) in [4.78, 5) is 42.7. The molecule has 0 spiro atoms. The number of hydrogen-bond donors (Lipinski definition) is 2. The Balaban J connectivity index is 2.60. The highest BCUT2D eigenvalue weighted by atomic mass is 16.6. The molecule has 39 heavy (non-hydrogen) atoms. The molecule has 8 heteroatoms. The van der Waals surface area contributed by atoms with Crippen LogP contribution in [0.1, 0.15) is 77.6 Å². The van der Waals surface area contributed by atoms with Crippen LogP contribution in [0.15, 0.2) is 42.5 Å². The van der Waals surface area contributed by atoms with Gasteiger partial charge in [0, 0.05) is 11.7 Å². The third kappa shape index (κ3) is 8.73. The standard InChI is InChI=1S/C31H45N3O5/c1-11-22(6)34(29(36)26(19(2)3)33-30(37)39-31(7,8)9)27(25-18-20(4)12-13-21(25)5)28(35)32-23-14-16-24(38-10)17-15-23/h12-19,22,26-27H,11H2,1-10H3,(H,32,35)(H,33,37). The van der Waals surface area contributed by atoms with Crippen LogP contribution in [0.5, 0.6) is 5.75 Å². The Hall–Kier alpha value is -3.55. The summed E-state index contributed by atoms with van der Waals surface area (Å²) in [7, 11) is 1.58. The van der Waals surface area contributed by atoms with Crippen LogP contribution in [0.3, 0.4) is 0 Å². The fourth-order valence-corrected chi connectivity index (χ4v) is 4.26. The van der Waals surface area contributed by atoms with Gasteiger partial charge in [-0.05, 0) is 89.3 Å². The number of nitrogens with one attached hydrogen (secondary N) is 2. The Morgan fingerprint density at radius 3 is 2.10 bits per heavy atom. The summed E-state index contributed by atoms with van der Waals surface area (Å²) >= 11 is 0. The normalized spacial score (nSPS) is 13.7. The van der Waals surface area contributed by atoms with Gasteiger partial charge in [-0.25, -0.2) is 4.79 Å². The molecule has 0 saturated carbocycles. The average molecular weight is 540 g/mol. The van der Waals surface area contributed by atoms with Gasteiger partial charge in [0.05, 0.1) is 7.11 Å². The first-order valence-electron chi connectivity index (χ1n) is 13.5. The van der Waals surface area contributed by atoms with Crippen molar-refractivity contribution in [3.63, 3.8) is 0 Å². The lowest BCUT2D eigenvalue weighted by Gasteiger charge is -2.39. The van der Waals surface area contributed by atoms with Gasteiger partial charge in [0.15, 0.2) is 0 Å². The number of carbonyl (C=O) groups is 3. The predicted octanol–water partition coefficient (Wildman–Crippen LogP) is 6.17. The largest absolute Gasteiger partial charge is 0.497 e. The summed E-state index contributed by atoms with van der Waals surface area (Å²) in [5, 5.41) is 5.76. The Morgan fingerprint density at radius 2 is 1.59 bits per heavy atom. The molecule has 0 heterocycles. The van der Waals surface area contributed by atoms with Crippen molar-refractivity contribution < 1.29 is 23.9 Å². The predicted molar refractivity (Wildman–Crippen MR) is 155 cm³/mol. The zero-order valence-corrected chi connectivity index (χ0v) is 25.0. The van der Waals surface area contributed by atoms with Gasteiger partial charge in [-0.3, -0.25) is 9.59 Å². The zero-order valence-electron chi connectivity index (χ0n) is 25.0. The van der Waals surface area contributed by atoms with E-state index in [-0.39, 0.29) is 23.8 Å². The van der Waals surface area contributed by atoms with Crippen molar-refractivity contribution in [3.8, 4) is 5.75 Å². The third-order valence-electron chi connectivity index (χ3n) is 6.54. The Morgan fingerprint density at radius 1 is 0.974 bits per heavy atom. The number of aryl methyl sites for hydroxylation is 2. The number of hydrogen-bond acceptors (Lipinski definition) is 5. The van der Waals surface area contributed by atoms with Crippen LogP contribution in [-0.2, 0) is 14.3 Å². The fraction of sp³-hybridized carbons (Fsp3) is 0.516. The summed E-state index contributed by atoms with van der Waals surface area (Å²) in [6.45, 7) is 16.8. The maximum atomic E-state index is 14.3. The number of methoxy groups -OCH3 is 1. The summed E-state index contributed by atoms with van der Waals surface area (Å²) in [5.74, 6) is -0.271. The molecule has 0 aromatic heterocycles. The number of anilines is 1. The monoisotopic (exact) mass is 539 g/mol. The molecule has 2 aromatic carbocycles. The van der Waals surface area contributed by atoms with Gasteiger partial charge in [0.2, 0.25) is 5.91 Å². The molecular weight excluding hydrogens is 494 g/mol. The minimum atomic E-state index is -0.934. The molecule has 0 aliphatic rings. The third-order valence-corrected chi connectivity index (χ3v) is 6.54. The summed E-state index contributed by atoms with van der Waals surface area (Å²) in [6, 6.07) is 10.8. The van der Waals surface area contributed by atoms with Crippen LogP contribution >= 0.6 is 0 Å². The molecule has 8 nitrogen and oxygen atoms in total. The van der Waals surface area contributed by atoms with Crippen molar-refractivity contribution in [1.82, 2.24) is 10.2 Å². The maximum absolute atomic E-state index is 14.3. The molecule has 3 atom stereocenters. The molecule has 0 aliphatic heterocycles. The maximum Gasteiger partial charge on any atom is 0.408 e. The number of benzene rings is 2. The molecule has 0 aliphatic carbocycles. The van der Waals surface area contributed by atoms with Crippen LogP contribution < -0.4 is 15.4 Å². The van der Waals surface area contributed by atoms with E-state index >= 15 is 0 Å². The summed E-state index contributed by atoms with van der Waals surface area (Å²) in [5.41, 5.74) is 2.46. The van der Waals surface area contributed by atoms with Gasteiger partial charge in [-0.15, -0.1) is 0 Å². The Bertz CT molecular complexity index is 1140. The number of alkyl carbamates (subject to hydrolysis) is 1. The topological polar surface area (TPSA) is 97.0 Å². The van der Waals surface area contributed by atoms with E-state index in [9.17, 15) is 14.4 Å². The molecule has 214 valence electrons. The number of nitrogens with zero attached hydrogens (tertiary/aromatic N) is 1. The second-order valence-electron chi connectivity index (χ2n) is 11.4. The molecule has 0 saturated heterocycles. The van der Waals surface area contributed by atoms with Crippen LogP contribution in [0, 0.1) is 19.8 Å². The first kappa shape index (κ1) is 31.7. The molecular formula is C31H45N3O5. The van der Waals surface area contributed by atoms with E-state index in [4.69, 9.17) is 9.47 Å². The van der Waals surface area contributed by atoms with Gasteiger partial charge in [0.25, 0.3) is 5.91 Å². The van der Waals surface area contributed by atoms with E-state index < -0.39 is 23.8 Å². The van der Waals surface area contributed by atoms with Gasteiger partial charge in [-0.2, -0.15) is 0 Å². The SMILES string of the molecule is CCC(C)N(C(=O)C(NC(=O)OC(C)(C)C)C(C)C)C(C(=O)Nc1ccc(OC)cc1)c1cc(C)ccc1C. The quantitative estimate of drug-likeness (QED) is 0.376. The van der Waals surface area contributed by atoms with Crippen molar-refractivity contribution in [2.75, 3.05) is 12.4 Å². The lowest BCUT2D eigenvalue weighted by atomic mass is 9.93.